The Morgan fingerprint density at radius 2 is 2.18 bits per heavy atom. The summed E-state index contributed by atoms with van der Waals surface area (Å²) in [6.07, 6.45) is 1.81. The van der Waals surface area contributed by atoms with E-state index in [2.05, 4.69) is 16.0 Å². The monoisotopic (exact) mass is 327 g/mol. The van der Waals surface area contributed by atoms with Gasteiger partial charge in [-0.3, -0.25) is 9.59 Å². The predicted octanol–water partition coefficient (Wildman–Crippen LogP) is 1.23. The minimum atomic E-state index is -0.273. The summed E-state index contributed by atoms with van der Waals surface area (Å²) < 4.78 is 5.20. The topological polar surface area (TPSA) is 79.5 Å². The largest absolute Gasteiger partial charge is 0.495 e. The van der Waals surface area contributed by atoms with Crippen LogP contribution in [0, 0.1) is 6.92 Å². The van der Waals surface area contributed by atoms with Crippen molar-refractivity contribution in [1.29, 1.82) is 0 Å². The molecule has 122 valence electrons. The molecule has 2 rings (SSSR count). The van der Waals surface area contributed by atoms with Crippen LogP contribution < -0.4 is 20.7 Å². The van der Waals surface area contributed by atoms with Gasteiger partial charge in [-0.1, -0.05) is 6.07 Å². The summed E-state index contributed by atoms with van der Waals surface area (Å²) in [4.78, 5) is 23.7. The first-order valence-electron chi connectivity index (χ1n) is 7.05. The van der Waals surface area contributed by atoms with E-state index in [0.717, 1.165) is 24.9 Å². The Morgan fingerprint density at radius 1 is 1.41 bits per heavy atom. The summed E-state index contributed by atoms with van der Waals surface area (Å²) in [6.45, 7) is 2.74. The molecule has 0 spiro atoms. The van der Waals surface area contributed by atoms with Gasteiger partial charge in [0.25, 0.3) is 0 Å². The Bertz CT molecular complexity index is 531. The Morgan fingerprint density at radius 3 is 2.82 bits per heavy atom. The number of carbonyl (C=O) groups is 2. The molecule has 22 heavy (non-hydrogen) atoms. The van der Waals surface area contributed by atoms with E-state index in [1.54, 1.807) is 13.2 Å². The van der Waals surface area contributed by atoms with Gasteiger partial charge in [-0.05, 0) is 44.0 Å². The number of ether oxygens (including phenoxy) is 1. The molecule has 1 heterocycles. The number of aryl methyl sites for hydroxylation is 1. The average molecular weight is 328 g/mol. The molecule has 1 aromatic rings. The van der Waals surface area contributed by atoms with Crippen molar-refractivity contribution in [1.82, 2.24) is 10.6 Å². The van der Waals surface area contributed by atoms with Gasteiger partial charge >= 0.3 is 0 Å². The van der Waals surface area contributed by atoms with Crippen LogP contribution >= 0.6 is 12.4 Å². The molecule has 1 atom stereocenters. The van der Waals surface area contributed by atoms with Gasteiger partial charge in [-0.15, -0.1) is 12.4 Å². The van der Waals surface area contributed by atoms with Crippen LogP contribution in [0.3, 0.4) is 0 Å². The summed E-state index contributed by atoms with van der Waals surface area (Å²) in [5.41, 5.74) is 1.63. The number of rotatable bonds is 5. The summed E-state index contributed by atoms with van der Waals surface area (Å²) in [5, 5.41) is 8.48. The quantitative estimate of drug-likeness (QED) is 0.760. The molecule has 1 fully saturated rings. The second kappa shape index (κ2) is 8.60. The maximum atomic E-state index is 11.9. The van der Waals surface area contributed by atoms with Crippen molar-refractivity contribution in [3.63, 3.8) is 0 Å². The van der Waals surface area contributed by atoms with Crippen molar-refractivity contribution in [3.8, 4) is 5.75 Å². The summed E-state index contributed by atoms with van der Waals surface area (Å²) in [5.74, 6) is 0.196. The van der Waals surface area contributed by atoms with Crippen molar-refractivity contribution >= 4 is 29.9 Å². The van der Waals surface area contributed by atoms with E-state index in [9.17, 15) is 9.59 Å². The smallest absolute Gasteiger partial charge is 0.243 e. The Hall–Kier alpha value is -1.79. The van der Waals surface area contributed by atoms with E-state index in [0.29, 0.717) is 11.4 Å². The van der Waals surface area contributed by atoms with E-state index >= 15 is 0 Å². The van der Waals surface area contributed by atoms with Crippen molar-refractivity contribution in [3.05, 3.63) is 23.8 Å². The third-order valence-electron chi connectivity index (χ3n) is 3.43. The molecule has 1 saturated heterocycles. The van der Waals surface area contributed by atoms with Crippen LogP contribution in [0.4, 0.5) is 5.69 Å². The van der Waals surface area contributed by atoms with E-state index in [1.165, 1.54) is 0 Å². The number of carbonyl (C=O) groups excluding carboxylic acids is 2. The van der Waals surface area contributed by atoms with Crippen LogP contribution in [0.2, 0.25) is 0 Å². The first kappa shape index (κ1) is 18.3. The number of hydrogen-bond donors (Lipinski definition) is 3. The second-order valence-electron chi connectivity index (χ2n) is 5.12. The van der Waals surface area contributed by atoms with Gasteiger partial charge < -0.3 is 20.7 Å². The van der Waals surface area contributed by atoms with E-state index in [4.69, 9.17) is 4.74 Å². The zero-order valence-corrected chi connectivity index (χ0v) is 13.6. The summed E-state index contributed by atoms with van der Waals surface area (Å²) in [6, 6.07) is 5.36. The number of methoxy groups -OCH3 is 1. The van der Waals surface area contributed by atoms with Crippen molar-refractivity contribution in [2.24, 2.45) is 0 Å². The maximum absolute atomic E-state index is 11.9. The molecule has 6 nitrogen and oxygen atoms in total. The molecule has 1 aliphatic rings. The molecule has 1 aliphatic heterocycles. The molecular formula is C15H22ClN3O3. The SMILES string of the molecule is COc1ccc(C)cc1NC(=O)CNC(=O)C1CCCN1.Cl. The number of halogens is 1. The third kappa shape index (κ3) is 4.89. The molecule has 2 amide bonds. The molecule has 0 radical (unpaired) electrons. The lowest BCUT2D eigenvalue weighted by molar-refractivity contribution is -0.125. The molecular weight excluding hydrogens is 306 g/mol. The first-order valence-corrected chi connectivity index (χ1v) is 7.05. The Balaban J connectivity index is 0.00000242. The molecule has 7 heteroatoms. The zero-order valence-electron chi connectivity index (χ0n) is 12.8. The minimum absolute atomic E-state index is 0. The fraction of sp³-hybridized carbons (Fsp3) is 0.467. The lowest BCUT2D eigenvalue weighted by Gasteiger charge is -2.13. The Labute approximate surface area is 136 Å². The number of anilines is 1. The van der Waals surface area contributed by atoms with Gasteiger partial charge in [-0.2, -0.15) is 0 Å². The zero-order chi connectivity index (χ0) is 15.2. The second-order valence-corrected chi connectivity index (χ2v) is 5.12. The first-order chi connectivity index (χ1) is 10.1. The summed E-state index contributed by atoms with van der Waals surface area (Å²) >= 11 is 0. The van der Waals surface area contributed by atoms with E-state index in [-0.39, 0.29) is 36.8 Å². The number of nitrogens with one attached hydrogen (secondary N) is 3. The minimum Gasteiger partial charge on any atom is -0.495 e. The van der Waals surface area contributed by atoms with Crippen LogP contribution in [0.1, 0.15) is 18.4 Å². The number of hydrogen-bond acceptors (Lipinski definition) is 4. The van der Waals surface area contributed by atoms with Crippen LogP contribution in [-0.2, 0) is 9.59 Å². The molecule has 0 saturated carbocycles. The van der Waals surface area contributed by atoms with Crippen molar-refractivity contribution in [2.75, 3.05) is 25.5 Å². The van der Waals surface area contributed by atoms with Crippen LogP contribution in [0.15, 0.2) is 18.2 Å². The fourth-order valence-corrected chi connectivity index (χ4v) is 2.31. The van der Waals surface area contributed by atoms with Gasteiger partial charge in [0.2, 0.25) is 11.8 Å². The lowest BCUT2D eigenvalue weighted by Crippen LogP contribution is -2.43. The van der Waals surface area contributed by atoms with Crippen molar-refractivity contribution < 1.29 is 14.3 Å². The normalized spacial score (nSPS) is 16.5. The fourth-order valence-electron chi connectivity index (χ4n) is 2.31. The van der Waals surface area contributed by atoms with E-state index < -0.39 is 0 Å². The van der Waals surface area contributed by atoms with Gasteiger partial charge in [0.1, 0.15) is 5.75 Å². The molecule has 1 aromatic carbocycles. The molecule has 0 bridgehead atoms. The lowest BCUT2D eigenvalue weighted by atomic mass is 10.2. The molecule has 0 aromatic heterocycles. The van der Waals surface area contributed by atoms with Crippen LogP contribution in [-0.4, -0.2) is 38.1 Å². The third-order valence-corrected chi connectivity index (χ3v) is 3.43. The van der Waals surface area contributed by atoms with Gasteiger partial charge in [-0.25, -0.2) is 0 Å². The van der Waals surface area contributed by atoms with Crippen LogP contribution in [0.25, 0.3) is 0 Å². The molecule has 3 N–H and O–H groups in total. The maximum Gasteiger partial charge on any atom is 0.243 e. The predicted molar refractivity (Wildman–Crippen MR) is 87.6 cm³/mol. The highest BCUT2D eigenvalue weighted by Crippen LogP contribution is 2.24. The highest BCUT2D eigenvalue weighted by molar-refractivity contribution is 5.96. The van der Waals surface area contributed by atoms with Crippen molar-refractivity contribution in [2.45, 2.75) is 25.8 Å². The number of benzene rings is 1. The van der Waals surface area contributed by atoms with E-state index in [1.807, 2.05) is 19.1 Å². The highest BCUT2D eigenvalue weighted by atomic mass is 35.5. The summed E-state index contributed by atoms with van der Waals surface area (Å²) in [7, 11) is 1.55. The molecule has 0 aliphatic carbocycles. The standard InChI is InChI=1S/C15H21N3O3.ClH/c1-10-5-6-13(21-2)12(8-10)18-14(19)9-17-15(20)11-4-3-7-16-11;/h5-6,8,11,16H,3-4,7,9H2,1-2H3,(H,17,20)(H,18,19);1H. The highest BCUT2D eigenvalue weighted by Gasteiger charge is 2.22. The van der Waals surface area contributed by atoms with Gasteiger partial charge in [0.15, 0.2) is 0 Å². The molecule has 1 unspecified atom stereocenters. The van der Waals surface area contributed by atoms with Gasteiger partial charge in [0.05, 0.1) is 25.4 Å². The average Bonchev–Trinajstić information content (AvgIpc) is 2.99. The van der Waals surface area contributed by atoms with Gasteiger partial charge in [0, 0.05) is 0 Å². The Kier molecular flexibility index (Phi) is 7.14. The number of amides is 2. The van der Waals surface area contributed by atoms with Crippen LogP contribution in [0.5, 0.6) is 5.75 Å².